The Morgan fingerprint density at radius 2 is 1.63 bits per heavy atom. The van der Waals surface area contributed by atoms with E-state index in [9.17, 15) is 8.78 Å². The summed E-state index contributed by atoms with van der Waals surface area (Å²) in [4.78, 5) is 3.40. The molecule has 0 atom stereocenters. The quantitative estimate of drug-likeness (QED) is 0.311. The molecule has 0 amide bonds. The van der Waals surface area contributed by atoms with Gasteiger partial charge in [-0.3, -0.25) is 0 Å². The van der Waals surface area contributed by atoms with Gasteiger partial charge >= 0.3 is 0 Å². The molecule has 0 bridgehead atoms. The summed E-state index contributed by atoms with van der Waals surface area (Å²) in [6.45, 7) is 2.28. The summed E-state index contributed by atoms with van der Waals surface area (Å²) in [7, 11) is 0. The number of unbranched alkanes of at least 4 members (excludes halogenated alkanes) is 2. The van der Waals surface area contributed by atoms with Gasteiger partial charge < -0.3 is 0 Å². The summed E-state index contributed by atoms with van der Waals surface area (Å²) in [5.74, 6) is 7.46. The maximum Gasteiger partial charge on any atom is 0.248 e. The van der Waals surface area contributed by atoms with Gasteiger partial charge in [0.05, 0.1) is 0 Å². The third kappa shape index (κ3) is 6.03. The van der Waals surface area contributed by atoms with Crippen molar-refractivity contribution in [1.29, 1.82) is 0 Å². The molecule has 3 heteroatoms. The molecule has 1 heterocycles. The van der Waals surface area contributed by atoms with Gasteiger partial charge in [-0.05, 0) is 62.3 Å². The van der Waals surface area contributed by atoms with E-state index in [-0.39, 0.29) is 0 Å². The molecule has 2 saturated carbocycles. The normalized spacial score (nSPS) is 28.4. The van der Waals surface area contributed by atoms with E-state index >= 15 is 0 Å². The summed E-state index contributed by atoms with van der Waals surface area (Å²) in [6, 6.07) is 1.14. The first kappa shape index (κ1) is 20.3. The number of halogens is 2. The molecule has 0 aromatic carbocycles. The lowest BCUT2D eigenvalue weighted by atomic mass is 9.69. The zero-order valence-electron chi connectivity index (χ0n) is 16.7. The Labute approximate surface area is 163 Å². The molecular formula is C24H33F2N. The van der Waals surface area contributed by atoms with Crippen LogP contribution in [0.3, 0.4) is 0 Å². The lowest BCUT2D eigenvalue weighted by Gasteiger charge is -2.37. The summed E-state index contributed by atoms with van der Waals surface area (Å²) < 4.78 is 26.1. The molecule has 0 spiro atoms. The van der Waals surface area contributed by atoms with Crippen LogP contribution in [0.15, 0.2) is 12.3 Å². The number of hydrogen-bond acceptors (Lipinski definition) is 1. The molecule has 2 fully saturated rings. The first-order valence-corrected chi connectivity index (χ1v) is 11.0. The fourth-order valence-corrected chi connectivity index (χ4v) is 5.04. The third-order valence-corrected chi connectivity index (χ3v) is 6.76. The van der Waals surface area contributed by atoms with E-state index in [1.165, 1.54) is 70.4 Å². The standard InChI is InChI=1S/C24H33F2N/c1-2-3-4-5-18-8-12-21(13-9-18)22-14-10-19(11-15-22)6-7-20-16-23(25)24(26)27-17-20/h16-19,21-22H,2-5,8-15H2,1H3. The molecule has 0 N–H and O–H groups in total. The Morgan fingerprint density at radius 1 is 0.963 bits per heavy atom. The van der Waals surface area contributed by atoms with Gasteiger partial charge in [-0.15, -0.1) is 0 Å². The Bertz CT molecular complexity index is 644. The molecular weight excluding hydrogens is 340 g/mol. The zero-order valence-corrected chi connectivity index (χ0v) is 16.7. The fraction of sp³-hybridized carbons (Fsp3) is 0.708. The Hall–Kier alpha value is -1.43. The molecule has 0 saturated heterocycles. The maximum absolute atomic E-state index is 13.2. The summed E-state index contributed by atoms with van der Waals surface area (Å²) in [6.07, 6.45) is 17.5. The van der Waals surface area contributed by atoms with E-state index in [4.69, 9.17) is 0 Å². The smallest absolute Gasteiger partial charge is 0.224 e. The molecule has 0 aliphatic heterocycles. The molecule has 3 rings (SSSR count). The van der Waals surface area contributed by atoms with Crippen LogP contribution < -0.4 is 0 Å². The highest BCUT2D eigenvalue weighted by Gasteiger charge is 2.30. The molecule has 0 radical (unpaired) electrons. The van der Waals surface area contributed by atoms with Crippen molar-refractivity contribution >= 4 is 0 Å². The molecule has 1 aromatic heterocycles. The second-order valence-corrected chi connectivity index (χ2v) is 8.65. The van der Waals surface area contributed by atoms with Crippen LogP contribution in [-0.2, 0) is 0 Å². The first-order valence-electron chi connectivity index (χ1n) is 11.0. The van der Waals surface area contributed by atoms with Gasteiger partial charge in [0.2, 0.25) is 5.95 Å². The van der Waals surface area contributed by atoms with Crippen molar-refractivity contribution in [1.82, 2.24) is 4.98 Å². The van der Waals surface area contributed by atoms with Crippen molar-refractivity contribution in [2.45, 2.75) is 84.0 Å². The average Bonchev–Trinajstić information content (AvgIpc) is 2.70. The molecule has 2 aliphatic carbocycles. The second-order valence-electron chi connectivity index (χ2n) is 8.65. The lowest BCUT2D eigenvalue weighted by Crippen LogP contribution is -2.25. The van der Waals surface area contributed by atoms with E-state index in [1.54, 1.807) is 0 Å². The Morgan fingerprint density at radius 3 is 2.26 bits per heavy atom. The van der Waals surface area contributed by atoms with Gasteiger partial charge in [0.25, 0.3) is 0 Å². The van der Waals surface area contributed by atoms with Crippen LogP contribution in [0.2, 0.25) is 0 Å². The predicted octanol–water partition coefficient (Wildman–Crippen LogP) is 6.90. The van der Waals surface area contributed by atoms with Crippen molar-refractivity contribution < 1.29 is 8.78 Å². The van der Waals surface area contributed by atoms with E-state index < -0.39 is 11.8 Å². The van der Waals surface area contributed by atoms with Gasteiger partial charge in [0.15, 0.2) is 5.82 Å². The van der Waals surface area contributed by atoms with Gasteiger partial charge in [-0.25, -0.2) is 9.37 Å². The summed E-state index contributed by atoms with van der Waals surface area (Å²) in [5, 5.41) is 0. The lowest BCUT2D eigenvalue weighted by molar-refractivity contribution is 0.153. The number of pyridine rings is 1. The van der Waals surface area contributed by atoms with E-state index in [2.05, 4.69) is 23.7 Å². The number of hydrogen-bond donors (Lipinski definition) is 0. The SMILES string of the molecule is CCCCCC1CCC(C2CCC(C#Cc3cnc(F)c(F)c3)CC2)CC1. The number of aromatic nitrogens is 1. The second kappa shape index (κ2) is 10.2. The summed E-state index contributed by atoms with van der Waals surface area (Å²) >= 11 is 0. The summed E-state index contributed by atoms with van der Waals surface area (Å²) in [5.41, 5.74) is 0.470. The van der Waals surface area contributed by atoms with Crippen LogP contribution in [0.1, 0.15) is 89.5 Å². The topological polar surface area (TPSA) is 12.9 Å². The van der Waals surface area contributed by atoms with Crippen molar-refractivity contribution in [2.24, 2.45) is 23.7 Å². The Balaban J connectivity index is 1.41. The zero-order chi connectivity index (χ0) is 19.1. The maximum atomic E-state index is 13.2. The van der Waals surface area contributed by atoms with Crippen molar-refractivity contribution in [3.8, 4) is 11.8 Å². The molecule has 148 valence electrons. The van der Waals surface area contributed by atoms with Crippen LogP contribution in [0.5, 0.6) is 0 Å². The van der Waals surface area contributed by atoms with E-state index in [0.717, 1.165) is 36.7 Å². The average molecular weight is 374 g/mol. The van der Waals surface area contributed by atoms with E-state index in [1.807, 2.05) is 0 Å². The molecule has 1 nitrogen and oxygen atoms in total. The largest absolute Gasteiger partial charge is 0.248 e. The van der Waals surface area contributed by atoms with E-state index in [0.29, 0.717) is 11.5 Å². The molecule has 27 heavy (non-hydrogen) atoms. The van der Waals surface area contributed by atoms with Gasteiger partial charge in [0, 0.05) is 17.7 Å². The van der Waals surface area contributed by atoms with Gasteiger partial charge in [0.1, 0.15) is 0 Å². The third-order valence-electron chi connectivity index (χ3n) is 6.76. The molecule has 2 aliphatic rings. The highest BCUT2D eigenvalue weighted by molar-refractivity contribution is 5.32. The first-order chi connectivity index (χ1) is 13.2. The Kier molecular flexibility index (Phi) is 7.68. The minimum atomic E-state index is -1.05. The van der Waals surface area contributed by atoms with Crippen LogP contribution in [-0.4, -0.2) is 4.98 Å². The monoisotopic (exact) mass is 373 g/mol. The van der Waals surface area contributed by atoms with Crippen LogP contribution in [0.25, 0.3) is 0 Å². The highest BCUT2D eigenvalue weighted by atomic mass is 19.2. The van der Waals surface area contributed by atoms with Crippen LogP contribution >= 0.6 is 0 Å². The van der Waals surface area contributed by atoms with Gasteiger partial charge in [-0.1, -0.05) is 57.3 Å². The van der Waals surface area contributed by atoms with Crippen molar-refractivity contribution in [3.05, 3.63) is 29.6 Å². The van der Waals surface area contributed by atoms with Crippen LogP contribution in [0, 0.1) is 47.3 Å². The molecule has 0 unspecified atom stereocenters. The molecule has 1 aromatic rings. The van der Waals surface area contributed by atoms with Crippen molar-refractivity contribution in [3.63, 3.8) is 0 Å². The van der Waals surface area contributed by atoms with Gasteiger partial charge in [-0.2, -0.15) is 4.39 Å². The number of rotatable bonds is 5. The number of nitrogens with zero attached hydrogens (tertiary/aromatic N) is 1. The van der Waals surface area contributed by atoms with Crippen LogP contribution in [0.4, 0.5) is 8.78 Å². The van der Waals surface area contributed by atoms with Crippen molar-refractivity contribution in [2.75, 3.05) is 0 Å². The fourth-order valence-electron chi connectivity index (χ4n) is 5.04. The minimum Gasteiger partial charge on any atom is -0.224 e. The highest BCUT2D eigenvalue weighted by Crippen LogP contribution is 2.42. The predicted molar refractivity (Wildman–Crippen MR) is 106 cm³/mol. The minimum absolute atomic E-state index is 0.389.